The minimum Gasteiger partial charge on any atom is -0.373 e. The van der Waals surface area contributed by atoms with Crippen LogP contribution in [-0.4, -0.2) is 17.0 Å². The molecule has 0 spiro atoms. The molecule has 1 N–H and O–H groups in total. The molecule has 3 nitrogen and oxygen atoms in total. The molecule has 0 aliphatic heterocycles. The Morgan fingerprint density at radius 2 is 2.00 bits per heavy atom. The molecule has 4 heteroatoms. The number of anilines is 1. The monoisotopic (exact) mass is 173 g/mol. The molecule has 0 bridgehead atoms. The number of aromatic nitrogens is 2. The first-order valence-electron chi connectivity index (χ1n) is 3.48. The van der Waals surface area contributed by atoms with E-state index in [2.05, 4.69) is 15.3 Å². The van der Waals surface area contributed by atoms with Crippen LogP contribution in [0.15, 0.2) is 12.4 Å². The largest absolute Gasteiger partial charge is 0.373 e. The molecule has 0 aromatic carbocycles. The summed E-state index contributed by atoms with van der Waals surface area (Å²) < 4.78 is 0. The van der Waals surface area contributed by atoms with Gasteiger partial charge in [0.25, 0.3) is 0 Å². The van der Waals surface area contributed by atoms with E-state index in [0.29, 0.717) is 5.15 Å². The Bertz CT molecular complexity index is 203. The highest BCUT2D eigenvalue weighted by Crippen LogP contribution is 2.06. The van der Waals surface area contributed by atoms with Gasteiger partial charge in [0.15, 0.2) is 0 Å². The van der Waals surface area contributed by atoms with Crippen LogP contribution in [-0.2, 0) is 0 Å². The van der Waals surface area contributed by atoms with Crippen molar-refractivity contribution in [3.63, 3.8) is 0 Å². The average Bonchev–Trinajstić information content (AvgIpc) is 2.08. The third-order valence-corrected chi connectivity index (χ3v) is 1.10. The molecule has 1 aromatic heterocycles. The van der Waals surface area contributed by atoms with Crippen molar-refractivity contribution in [2.24, 2.45) is 0 Å². The van der Waals surface area contributed by atoms with E-state index in [0.717, 1.165) is 5.82 Å². The van der Waals surface area contributed by atoms with Gasteiger partial charge in [-0.15, -0.1) is 0 Å². The summed E-state index contributed by atoms with van der Waals surface area (Å²) in [7, 11) is 1.78. The predicted molar refractivity (Wildman–Crippen MR) is 47.9 cm³/mol. The van der Waals surface area contributed by atoms with Gasteiger partial charge >= 0.3 is 0 Å². The number of hydrogen-bond donors (Lipinski definition) is 1. The van der Waals surface area contributed by atoms with Crippen LogP contribution in [0.2, 0.25) is 5.15 Å². The lowest BCUT2D eigenvalue weighted by Gasteiger charge is -1.95. The normalized spacial score (nSPS) is 8.00. The first-order valence-corrected chi connectivity index (χ1v) is 3.86. The zero-order valence-corrected chi connectivity index (χ0v) is 7.68. The quantitative estimate of drug-likeness (QED) is 0.662. The van der Waals surface area contributed by atoms with Gasteiger partial charge in [0.2, 0.25) is 0 Å². The van der Waals surface area contributed by atoms with Crippen LogP contribution in [0.1, 0.15) is 13.8 Å². The second-order valence-electron chi connectivity index (χ2n) is 1.48. The molecule has 1 aromatic rings. The molecule has 1 heterocycles. The van der Waals surface area contributed by atoms with Gasteiger partial charge in [0, 0.05) is 13.1 Å². The average molecular weight is 174 g/mol. The van der Waals surface area contributed by atoms with E-state index in [9.17, 15) is 0 Å². The molecular weight excluding hydrogens is 162 g/mol. The van der Waals surface area contributed by atoms with E-state index < -0.39 is 0 Å². The maximum Gasteiger partial charge on any atom is 0.134 e. The maximum atomic E-state index is 5.53. The Kier molecular flexibility index (Phi) is 5.47. The Labute approximate surface area is 71.8 Å². The fraction of sp³-hybridized carbons (Fsp3) is 0.429. The third kappa shape index (κ3) is 3.78. The van der Waals surface area contributed by atoms with E-state index >= 15 is 0 Å². The highest BCUT2D eigenvalue weighted by Gasteiger charge is 1.89. The first kappa shape index (κ1) is 10.2. The summed E-state index contributed by atoms with van der Waals surface area (Å²) in [5.41, 5.74) is 0. The zero-order chi connectivity index (χ0) is 8.69. The SMILES string of the molecule is CC.CNc1cc(Cl)ncn1. The minimum atomic E-state index is 0.453. The second kappa shape index (κ2) is 5.92. The van der Waals surface area contributed by atoms with Gasteiger partial charge in [-0.1, -0.05) is 25.4 Å². The molecule has 62 valence electrons. The second-order valence-corrected chi connectivity index (χ2v) is 1.86. The van der Waals surface area contributed by atoms with Gasteiger partial charge in [0.05, 0.1) is 0 Å². The maximum absolute atomic E-state index is 5.53. The summed E-state index contributed by atoms with van der Waals surface area (Å²) in [5.74, 6) is 0.731. The summed E-state index contributed by atoms with van der Waals surface area (Å²) in [5, 5.41) is 3.29. The van der Waals surface area contributed by atoms with Gasteiger partial charge in [-0.3, -0.25) is 0 Å². The van der Waals surface area contributed by atoms with E-state index in [-0.39, 0.29) is 0 Å². The highest BCUT2D eigenvalue weighted by atomic mass is 35.5. The highest BCUT2D eigenvalue weighted by molar-refractivity contribution is 6.29. The van der Waals surface area contributed by atoms with Gasteiger partial charge < -0.3 is 5.32 Å². The summed E-state index contributed by atoms with van der Waals surface area (Å²) in [6, 6.07) is 1.65. The fourth-order valence-corrected chi connectivity index (χ4v) is 0.617. The standard InChI is InChI=1S/C5H6ClN3.C2H6/c1-7-5-2-4(6)8-3-9-5;1-2/h2-3H,1H3,(H,7,8,9);1-2H3. The van der Waals surface area contributed by atoms with E-state index in [1.807, 2.05) is 13.8 Å². The molecule has 0 unspecified atom stereocenters. The Morgan fingerprint density at radius 3 is 2.36 bits per heavy atom. The van der Waals surface area contributed by atoms with Crippen LogP contribution in [0, 0.1) is 0 Å². The van der Waals surface area contributed by atoms with Crippen LogP contribution in [0.25, 0.3) is 0 Å². The molecule has 0 atom stereocenters. The van der Waals surface area contributed by atoms with Crippen molar-refractivity contribution in [3.05, 3.63) is 17.5 Å². The Balaban J connectivity index is 0.000000461. The van der Waals surface area contributed by atoms with Gasteiger partial charge in [-0.25, -0.2) is 9.97 Å². The van der Waals surface area contributed by atoms with Crippen molar-refractivity contribution in [2.45, 2.75) is 13.8 Å². The van der Waals surface area contributed by atoms with Crippen molar-refractivity contribution < 1.29 is 0 Å². The molecule has 1 rings (SSSR count). The van der Waals surface area contributed by atoms with Crippen molar-refractivity contribution in [3.8, 4) is 0 Å². The van der Waals surface area contributed by atoms with Gasteiger partial charge in [-0.2, -0.15) is 0 Å². The van der Waals surface area contributed by atoms with Crippen LogP contribution < -0.4 is 5.32 Å². The van der Waals surface area contributed by atoms with Crippen molar-refractivity contribution >= 4 is 17.4 Å². The van der Waals surface area contributed by atoms with E-state index in [1.165, 1.54) is 6.33 Å². The van der Waals surface area contributed by atoms with Crippen molar-refractivity contribution in [2.75, 3.05) is 12.4 Å². The predicted octanol–water partition coefficient (Wildman–Crippen LogP) is 2.20. The summed E-state index contributed by atoms with van der Waals surface area (Å²) in [4.78, 5) is 7.55. The lowest BCUT2D eigenvalue weighted by atomic mass is 10.6. The van der Waals surface area contributed by atoms with Gasteiger partial charge in [0.1, 0.15) is 17.3 Å². The Hall–Kier alpha value is -0.830. The third-order valence-electron chi connectivity index (χ3n) is 0.890. The molecule has 0 saturated heterocycles. The smallest absolute Gasteiger partial charge is 0.134 e. The molecule has 0 aliphatic rings. The summed E-state index contributed by atoms with van der Waals surface area (Å²) >= 11 is 5.53. The minimum absolute atomic E-state index is 0.453. The molecule has 11 heavy (non-hydrogen) atoms. The zero-order valence-electron chi connectivity index (χ0n) is 6.93. The summed E-state index contributed by atoms with van der Waals surface area (Å²) in [6.07, 6.45) is 1.41. The number of halogens is 1. The van der Waals surface area contributed by atoms with Crippen LogP contribution >= 0.6 is 11.6 Å². The molecular formula is C7H12ClN3. The van der Waals surface area contributed by atoms with Crippen LogP contribution in [0.4, 0.5) is 5.82 Å². The van der Waals surface area contributed by atoms with Crippen molar-refractivity contribution in [1.29, 1.82) is 0 Å². The first-order chi connectivity index (χ1) is 5.33. The van der Waals surface area contributed by atoms with Gasteiger partial charge in [-0.05, 0) is 0 Å². The lowest BCUT2D eigenvalue weighted by Crippen LogP contribution is -1.91. The van der Waals surface area contributed by atoms with Crippen LogP contribution in [0.5, 0.6) is 0 Å². The number of rotatable bonds is 1. The molecule has 0 fully saturated rings. The lowest BCUT2D eigenvalue weighted by molar-refractivity contribution is 1.16. The number of nitrogens with one attached hydrogen (secondary N) is 1. The summed E-state index contributed by atoms with van der Waals surface area (Å²) in [6.45, 7) is 4.00. The Morgan fingerprint density at radius 1 is 1.36 bits per heavy atom. The van der Waals surface area contributed by atoms with Crippen LogP contribution in [0.3, 0.4) is 0 Å². The van der Waals surface area contributed by atoms with E-state index in [4.69, 9.17) is 11.6 Å². The fourth-order valence-electron chi connectivity index (χ4n) is 0.470. The topological polar surface area (TPSA) is 37.8 Å². The molecule has 0 radical (unpaired) electrons. The molecule has 0 saturated carbocycles. The molecule has 0 aliphatic carbocycles. The van der Waals surface area contributed by atoms with E-state index in [1.54, 1.807) is 13.1 Å². The number of hydrogen-bond acceptors (Lipinski definition) is 3. The molecule has 0 amide bonds. The van der Waals surface area contributed by atoms with Crippen molar-refractivity contribution in [1.82, 2.24) is 9.97 Å². The number of nitrogens with zero attached hydrogens (tertiary/aromatic N) is 2.